The number of nitrogens with zero attached hydrogens (tertiary/aromatic N) is 6. The van der Waals surface area contributed by atoms with Crippen molar-refractivity contribution in [3.8, 4) is 28.6 Å². The summed E-state index contributed by atoms with van der Waals surface area (Å²) in [6, 6.07) is 14.6. The number of halogens is 3. The smallest absolute Gasteiger partial charge is 0.370 e. The summed E-state index contributed by atoms with van der Waals surface area (Å²) in [5.74, 6) is 2.09. The first-order valence-corrected chi connectivity index (χ1v) is 13.2. The molecule has 1 fully saturated rings. The molecule has 1 aliphatic rings. The number of nitriles is 1. The molecule has 0 unspecified atom stereocenters. The maximum Gasteiger partial charge on any atom is 0.416 e. The lowest BCUT2D eigenvalue weighted by Gasteiger charge is -2.27. The minimum absolute atomic E-state index is 0.0301. The highest BCUT2D eigenvalue weighted by atomic mass is 19.4. The van der Waals surface area contributed by atoms with Crippen LogP contribution in [0.25, 0.3) is 22.5 Å². The minimum Gasteiger partial charge on any atom is -0.370 e. The highest BCUT2D eigenvalue weighted by molar-refractivity contribution is 5.84. The van der Waals surface area contributed by atoms with Crippen LogP contribution in [0.5, 0.6) is 0 Å². The zero-order valence-electron chi connectivity index (χ0n) is 22.6. The summed E-state index contributed by atoms with van der Waals surface area (Å²) in [7, 11) is 3.45. The van der Waals surface area contributed by atoms with Crippen LogP contribution in [0.3, 0.4) is 0 Å². The van der Waals surface area contributed by atoms with Gasteiger partial charge in [-0.15, -0.1) is 10.2 Å². The van der Waals surface area contributed by atoms with Gasteiger partial charge in [-0.05, 0) is 71.8 Å². The molecule has 8 nitrogen and oxygen atoms in total. The number of nitrogens with one attached hydrogen (secondary N) is 1. The molecule has 2 aromatic heterocycles. The Morgan fingerprint density at radius 2 is 1.98 bits per heavy atom. The number of pyridine rings is 1. The normalized spacial score (nSPS) is 13.4. The second kappa shape index (κ2) is 11.4. The van der Waals surface area contributed by atoms with Crippen LogP contribution in [0.1, 0.15) is 46.3 Å². The van der Waals surface area contributed by atoms with E-state index < -0.39 is 11.7 Å². The largest absolute Gasteiger partial charge is 0.416 e. The fraction of sp³-hybridized carbons (Fsp3) is 0.300. The maximum atomic E-state index is 13.9. The van der Waals surface area contributed by atoms with Crippen molar-refractivity contribution in [1.82, 2.24) is 19.7 Å². The van der Waals surface area contributed by atoms with E-state index in [-0.39, 0.29) is 17.7 Å². The van der Waals surface area contributed by atoms with Gasteiger partial charge in [0, 0.05) is 38.3 Å². The van der Waals surface area contributed by atoms with Gasteiger partial charge in [-0.1, -0.05) is 18.6 Å². The Hall–Kier alpha value is -4.72. The highest BCUT2D eigenvalue weighted by Gasteiger charge is 2.34. The molecule has 0 amide bonds. The average Bonchev–Trinajstić information content (AvgIpc) is 3.36. The van der Waals surface area contributed by atoms with Crippen LogP contribution < -0.4 is 10.2 Å². The van der Waals surface area contributed by atoms with Crippen LogP contribution in [0.15, 0.2) is 54.9 Å². The molecule has 2 aromatic carbocycles. The molecule has 0 atom stereocenters. The van der Waals surface area contributed by atoms with Crippen LogP contribution >= 0.6 is 0 Å². The number of aromatic nitrogens is 4. The lowest BCUT2D eigenvalue weighted by Crippen LogP contribution is -2.24. The molecular formula is C30H28F3N7O. The summed E-state index contributed by atoms with van der Waals surface area (Å²) in [6.07, 6.45) is 0.841. The van der Waals surface area contributed by atoms with Gasteiger partial charge in [0.15, 0.2) is 5.82 Å². The molecule has 210 valence electrons. The molecule has 1 aliphatic carbocycles. The molecule has 0 aliphatic heterocycles. The van der Waals surface area contributed by atoms with E-state index in [0.717, 1.165) is 31.0 Å². The molecule has 11 heteroatoms. The summed E-state index contributed by atoms with van der Waals surface area (Å²) in [6.45, 7) is 0.525. The lowest BCUT2D eigenvalue weighted by molar-refractivity contribution is -0.138. The fourth-order valence-electron chi connectivity index (χ4n) is 4.95. The standard InChI is InChI=1S/C30H28F3N7O/c1-39(16-25-21(17-41)7-4-8-26(25)30(31,32)33)28-13-22(12-27(37-28)35-15-19-5-3-6-19)24-11-20(14-34)9-10-23(24)29-38-36-18-40(29)2/h4,7-13,17-19H,3,5-6,15-16H2,1-2H3,(H,35,37). The summed E-state index contributed by atoms with van der Waals surface area (Å²) >= 11 is 0. The molecule has 0 saturated heterocycles. The molecule has 41 heavy (non-hydrogen) atoms. The molecule has 5 rings (SSSR count). The molecule has 0 radical (unpaired) electrons. The molecule has 4 aromatic rings. The maximum absolute atomic E-state index is 13.9. The third-order valence-corrected chi connectivity index (χ3v) is 7.45. The highest BCUT2D eigenvalue weighted by Crippen LogP contribution is 2.37. The monoisotopic (exact) mass is 559 g/mol. The van der Waals surface area contributed by atoms with E-state index in [2.05, 4.69) is 21.6 Å². The Morgan fingerprint density at radius 1 is 1.17 bits per heavy atom. The Bertz CT molecular complexity index is 1620. The van der Waals surface area contributed by atoms with Gasteiger partial charge in [0.2, 0.25) is 0 Å². The van der Waals surface area contributed by atoms with Crippen molar-refractivity contribution < 1.29 is 18.0 Å². The first-order valence-electron chi connectivity index (χ1n) is 13.2. The van der Waals surface area contributed by atoms with Crippen molar-refractivity contribution in [1.29, 1.82) is 5.26 Å². The number of carbonyl (C=O) groups excluding carboxylic acids is 1. The molecule has 1 N–H and O–H groups in total. The van der Waals surface area contributed by atoms with Crippen molar-refractivity contribution in [2.45, 2.75) is 32.0 Å². The lowest BCUT2D eigenvalue weighted by atomic mass is 9.85. The van der Waals surface area contributed by atoms with Gasteiger partial charge in [0.25, 0.3) is 0 Å². The van der Waals surface area contributed by atoms with Crippen molar-refractivity contribution in [2.75, 3.05) is 23.8 Å². The summed E-state index contributed by atoms with van der Waals surface area (Å²) in [5.41, 5.74) is 1.56. The van der Waals surface area contributed by atoms with Gasteiger partial charge in [-0.2, -0.15) is 18.4 Å². The third kappa shape index (κ3) is 5.91. The SMILES string of the molecule is CN(Cc1c(C=O)cccc1C(F)(F)F)c1cc(-c2cc(C#N)ccc2-c2nncn2C)cc(NCC2CCC2)n1. The average molecular weight is 560 g/mol. The van der Waals surface area contributed by atoms with Gasteiger partial charge in [-0.25, -0.2) is 4.98 Å². The molecule has 1 saturated carbocycles. The molecular weight excluding hydrogens is 531 g/mol. The zero-order chi connectivity index (χ0) is 29.1. The van der Waals surface area contributed by atoms with Crippen molar-refractivity contribution in [3.05, 3.63) is 77.1 Å². The van der Waals surface area contributed by atoms with Crippen molar-refractivity contribution >= 4 is 17.9 Å². The number of carbonyl (C=O) groups is 1. The Kier molecular flexibility index (Phi) is 7.75. The van der Waals surface area contributed by atoms with E-state index in [1.54, 1.807) is 47.1 Å². The number of alkyl halides is 3. The number of hydrogen-bond acceptors (Lipinski definition) is 7. The van der Waals surface area contributed by atoms with E-state index in [4.69, 9.17) is 4.98 Å². The van der Waals surface area contributed by atoms with E-state index in [1.807, 2.05) is 13.1 Å². The van der Waals surface area contributed by atoms with E-state index >= 15 is 0 Å². The quantitative estimate of drug-likeness (QED) is 0.248. The summed E-state index contributed by atoms with van der Waals surface area (Å²) in [5, 5.41) is 21.3. The Labute approximate surface area is 235 Å². The fourth-order valence-corrected chi connectivity index (χ4v) is 4.95. The van der Waals surface area contributed by atoms with Crippen molar-refractivity contribution in [2.24, 2.45) is 13.0 Å². The number of rotatable bonds is 9. The minimum atomic E-state index is -4.62. The van der Waals surface area contributed by atoms with Gasteiger partial charge < -0.3 is 14.8 Å². The molecule has 2 heterocycles. The zero-order valence-corrected chi connectivity index (χ0v) is 22.6. The van der Waals surface area contributed by atoms with Crippen LogP contribution in [-0.4, -0.2) is 39.6 Å². The number of hydrogen-bond donors (Lipinski definition) is 1. The Morgan fingerprint density at radius 3 is 2.61 bits per heavy atom. The van der Waals surface area contributed by atoms with Crippen LogP contribution in [0.2, 0.25) is 0 Å². The van der Waals surface area contributed by atoms with Gasteiger partial charge in [0.1, 0.15) is 24.2 Å². The first-order chi connectivity index (χ1) is 19.7. The second-order valence-electron chi connectivity index (χ2n) is 10.3. The predicted octanol–water partition coefficient (Wildman–Crippen LogP) is 6.10. The summed E-state index contributed by atoms with van der Waals surface area (Å²) < 4.78 is 43.4. The summed E-state index contributed by atoms with van der Waals surface area (Å²) in [4.78, 5) is 18.0. The van der Waals surface area contributed by atoms with E-state index in [1.165, 1.54) is 18.6 Å². The van der Waals surface area contributed by atoms with Crippen LogP contribution in [0.4, 0.5) is 24.8 Å². The van der Waals surface area contributed by atoms with E-state index in [0.29, 0.717) is 46.4 Å². The van der Waals surface area contributed by atoms with Gasteiger partial charge >= 0.3 is 6.18 Å². The third-order valence-electron chi connectivity index (χ3n) is 7.45. The number of benzene rings is 2. The number of aldehydes is 1. The number of aryl methyl sites for hydroxylation is 1. The molecule has 0 bridgehead atoms. The first kappa shape index (κ1) is 27.8. The van der Waals surface area contributed by atoms with Crippen LogP contribution in [0, 0.1) is 17.2 Å². The van der Waals surface area contributed by atoms with Crippen LogP contribution in [-0.2, 0) is 19.8 Å². The second-order valence-corrected chi connectivity index (χ2v) is 10.3. The van der Waals surface area contributed by atoms with Gasteiger partial charge in [-0.3, -0.25) is 4.79 Å². The number of anilines is 2. The Balaban J connectivity index is 1.61. The van der Waals surface area contributed by atoms with Gasteiger partial charge in [0.05, 0.1) is 17.2 Å². The van der Waals surface area contributed by atoms with E-state index in [9.17, 15) is 23.2 Å². The topological polar surface area (TPSA) is 99.7 Å². The van der Waals surface area contributed by atoms with Crippen molar-refractivity contribution in [3.63, 3.8) is 0 Å². The molecule has 0 spiro atoms. The predicted molar refractivity (Wildman–Crippen MR) is 149 cm³/mol.